The van der Waals surface area contributed by atoms with Crippen LogP contribution in [0.1, 0.15) is 22.5 Å². The molecule has 1 aliphatic heterocycles. The second kappa shape index (κ2) is 4.41. The van der Waals surface area contributed by atoms with E-state index in [0.29, 0.717) is 11.3 Å². The van der Waals surface area contributed by atoms with E-state index in [1.165, 1.54) is 11.1 Å². The number of amides is 1. The number of nitrogens with zero attached hydrogens (tertiary/aromatic N) is 3. The van der Waals surface area contributed by atoms with Gasteiger partial charge in [0.1, 0.15) is 6.04 Å². The number of aliphatic carboxylic acids is 1. The van der Waals surface area contributed by atoms with Crippen LogP contribution < -0.4 is 0 Å². The molecule has 1 aliphatic rings. The van der Waals surface area contributed by atoms with E-state index in [1.54, 1.807) is 18.7 Å². The Bertz CT molecular complexity index is 496. The first-order valence-electron chi connectivity index (χ1n) is 5.62. The lowest BCUT2D eigenvalue weighted by Crippen LogP contribution is -2.40. The van der Waals surface area contributed by atoms with Crippen LogP contribution in [0.15, 0.2) is 6.20 Å². The molecule has 0 spiro atoms. The summed E-state index contributed by atoms with van der Waals surface area (Å²) in [6, 6.07) is -0.966. The number of aliphatic hydroxyl groups excluding tert-OH is 1. The van der Waals surface area contributed by atoms with Crippen molar-refractivity contribution in [2.24, 2.45) is 7.05 Å². The molecule has 98 valence electrons. The number of likely N-dealkylation sites (tertiary alicyclic amines) is 1. The number of aliphatic hydroxyl groups is 1. The third-order valence-corrected chi connectivity index (χ3v) is 3.29. The molecule has 1 amide bonds. The van der Waals surface area contributed by atoms with Gasteiger partial charge in [-0.15, -0.1) is 0 Å². The normalized spacial score (nSPS) is 23.4. The zero-order valence-electron chi connectivity index (χ0n) is 10.2. The van der Waals surface area contributed by atoms with Gasteiger partial charge < -0.3 is 15.1 Å². The molecule has 1 unspecified atom stereocenters. The largest absolute Gasteiger partial charge is 0.480 e. The first kappa shape index (κ1) is 12.6. The van der Waals surface area contributed by atoms with Crippen molar-refractivity contribution >= 4 is 11.9 Å². The van der Waals surface area contributed by atoms with E-state index in [4.69, 9.17) is 5.11 Å². The number of rotatable bonds is 2. The Morgan fingerprint density at radius 1 is 1.50 bits per heavy atom. The van der Waals surface area contributed by atoms with Crippen molar-refractivity contribution in [1.82, 2.24) is 14.7 Å². The highest BCUT2D eigenvalue weighted by Crippen LogP contribution is 2.21. The predicted octanol–water partition coefficient (Wildman–Crippen LogP) is -0.611. The van der Waals surface area contributed by atoms with Crippen LogP contribution in [0.3, 0.4) is 0 Å². The van der Waals surface area contributed by atoms with Crippen molar-refractivity contribution in [3.8, 4) is 0 Å². The van der Waals surface area contributed by atoms with E-state index < -0.39 is 24.0 Å². The van der Waals surface area contributed by atoms with Gasteiger partial charge in [-0.05, 0) is 6.92 Å². The molecular formula is C11H15N3O4. The Hall–Kier alpha value is -1.89. The van der Waals surface area contributed by atoms with Crippen molar-refractivity contribution in [1.29, 1.82) is 0 Å². The first-order valence-corrected chi connectivity index (χ1v) is 5.62. The summed E-state index contributed by atoms with van der Waals surface area (Å²) in [4.78, 5) is 24.5. The van der Waals surface area contributed by atoms with Gasteiger partial charge in [0.25, 0.3) is 5.91 Å². The van der Waals surface area contributed by atoms with Crippen molar-refractivity contribution in [2.75, 3.05) is 6.54 Å². The van der Waals surface area contributed by atoms with Crippen molar-refractivity contribution in [3.05, 3.63) is 17.5 Å². The van der Waals surface area contributed by atoms with Crippen LogP contribution in [-0.2, 0) is 11.8 Å². The van der Waals surface area contributed by atoms with E-state index in [0.717, 1.165) is 0 Å². The standard InChI is InChI=1S/C11H15N3O4/c1-6-8(4-12-13(6)2)10(16)14-5-7(15)3-9(14)11(17)18/h4,7,9,15H,3,5H2,1-2H3,(H,17,18)/t7?,9-/m0/s1. The Labute approximate surface area is 104 Å². The molecule has 1 aromatic heterocycles. The van der Waals surface area contributed by atoms with E-state index in [-0.39, 0.29) is 13.0 Å². The van der Waals surface area contributed by atoms with Gasteiger partial charge in [0, 0.05) is 25.7 Å². The highest BCUT2D eigenvalue weighted by Gasteiger charge is 2.39. The lowest BCUT2D eigenvalue weighted by Gasteiger charge is -2.20. The molecule has 2 rings (SSSR count). The number of aromatic nitrogens is 2. The van der Waals surface area contributed by atoms with Gasteiger partial charge in [-0.3, -0.25) is 9.48 Å². The van der Waals surface area contributed by atoms with Crippen LogP contribution in [0.4, 0.5) is 0 Å². The Morgan fingerprint density at radius 2 is 2.17 bits per heavy atom. The molecule has 18 heavy (non-hydrogen) atoms. The second-order valence-corrected chi connectivity index (χ2v) is 4.47. The molecule has 2 atom stereocenters. The van der Waals surface area contributed by atoms with Crippen LogP contribution in [-0.4, -0.2) is 55.5 Å². The van der Waals surface area contributed by atoms with Gasteiger partial charge >= 0.3 is 5.97 Å². The van der Waals surface area contributed by atoms with Crippen LogP contribution >= 0.6 is 0 Å². The molecule has 0 bridgehead atoms. The highest BCUT2D eigenvalue weighted by molar-refractivity contribution is 5.97. The quantitative estimate of drug-likeness (QED) is 0.733. The van der Waals surface area contributed by atoms with Gasteiger partial charge in [0.05, 0.1) is 17.9 Å². The molecule has 7 heteroatoms. The summed E-state index contributed by atoms with van der Waals surface area (Å²) in [5.41, 5.74) is 1.04. The fraction of sp³-hybridized carbons (Fsp3) is 0.545. The third-order valence-electron chi connectivity index (χ3n) is 3.29. The number of aryl methyl sites for hydroxylation is 1. The summed E-state index contributed by atoms with van der Waals surface area (Å²) >= 11 is 0. The minimum Gasteiger partial charge on any atom is -0.480 e. The number of hydrogen-bond acceptors (Lipinski definition) is 4. The van der Waals surface area contributed by atoms with E-state index >= 15 is 0 Å². The van der Waals surface area contributed by atoms with Crippen LogP contribution in [0, 0.1) is 6.92 Å². The summed E-state index contributed by atoms with van der Waals surface area (Å²) < 4.78 is 1.55. The van der Waals surface area contributed by atoms with Crippen LogP contribution in [0.5, 0.6) is 0 Å². The minimum absolute atomic E-state index is 0.0458. The second-order valence-electron chi connectivity index (χ2n) is 4.47. The molecule has 0 saturated carbocycles. The van der Waals surface area contributed by atoms with Gasteiger partial charge in [0.15, 0.2) is 0 Å². The van der Waals surface area contributed by atoms with Gasteiger partial charge in [-0.1, -0.05) is 0 Å². The highest BCUT2D eigenvalue weighted by atomic mass is 16.4. The van der Waals surface area contributed by atoms with Crippen LogP contribution in [0.25, 0.3) is 0 Å². The van der Waals surface area contributed by atoms with Gasteiger partial charge in [0.2, 0.25) is 0 Å². The van der Waals surface area contributed by atoms with E-state index in [1.807, 2.05) is 0 Å². The van der Waals surface area contributed by atoms with E-state index in [2.05, 4.69) is 5.10 Å². The maximum absolute atomic E-state index is 12.2. The van der Waals surface area contributed by atoms with E-state index in [9.17, 15) is 14.7 Å². The Morgan fingerprint density at radius 3 is 2.67 bits per heavy atom. The molecule has 7 nitrogen and oxygen atoms in total. The molecule has 0 aromatic carbocycles. The Kier molecular flexibility index (Phi) is 3.08. The molecule has 0 aliphatic carbocycles. The van der Waals surface area contributed by atoms with Gasteiger partial charge in [-0.2, -0.15) is 5.10 Å². The minimum atomic E-state index is -1.10. The SMILES string of the molecule is Cc1c(C(=O)N2CC(O)C[C@H]2C(=O)O)cnn1C. The number of β-amino-alcohol motifs (C(OH)–C–C–N with tert-alkyl or cyclic N) is 1. The predicted molar refractivity (Wildman–Crippen MR) is 61.0 cm³/mol. The van der Waals surface area contributed by atoms with Crippen molar-refractivity contribution in [3.63, 3.8) is 0 Å². The number of carbonyl (C=O) groups excluding carboxylic acids is 1. The Balaban J connectivity index is 2.28. The fourth-order valence-electron chi connectivity index (χ4n) is 2.14. The lowest BCUT2D eigenvalue weighted by molar-refractivity contribution is -0.141. The summed E-state index contributed by atoms with van der Waals surface area (Å²) in [5, 5.41) is 22.5. The maximum atomic E-state index is 12.2. The molecule has 1 saturated heterocycles. The maximum Gasteiger partial charge on any atom is 0.326 e. The summed E-state index contributed by atoms with van der Waals surface area (Å²) in [6.07, 6.45) is 0.703. The van der Waals surface area contributed by atoms with Gasteiger partial charge in [-0.25, -0.2) is 4.79 Å². The lowest BCUT2D eigenvalue weighted by atomic mass is 10.2. The van der Waals surface area contributed by atoms with Crippen LogP contribution in [0.2, 0.25) is 0 Å². The molecule has 0 radical (unpaired) electrons. The number of hydrogen-bond donors (Lipinski definition) is 2. The smallest absolute Gasteiger partial charge is 0.326 e. The molecule has 1 aromatic rings. The molecule has 1 fully saturated rings. The topological polar surface area (TPSA) is 95.7 Å². The zero-order chi connectivity index (χ0) is 13.4. The third kappa shape index (κ3) is 1.97. The average molecular weight is 253 g/mol. The summed E-state index contributed by atoms with van der Waals surface area (Å²) in [7, 11) is 1.71. The van der Waals surface area contributed by atoms with Crippen molar-refractivity contribution in [2.45, 2.75) is 25.5 Å². The first-order chi connectivity index (χ1) is 8.41. The van der Waals surface area contributed by atoms with Crippen molar-refractivity contribution < 1.29 is 19.8 Å². The monoisotopic (exact) mass is 253 g/mol. The molecule has 2 heterocycles. The number of carbonyl (C=O) groups is 2. The zero-order valence-corrected chi connectivity index (χ0v) is 10.2. The summed E-state index contributed by atoms with van der Waals surface area (Å²) in [5.74, 6) is -1.49. The number of carboxylic acid groups (broad SMARTS) is 1. The fourth-order valence-corrected chi connectivity index (χ4v) is 2.14. The average Bonchev–Trinajstić information content (AvgIpc) is 2.84. The molecular weight excluding hydrogens is 238 g/mol. The molecule has 2 N–H and O–H groups in total. The number of carboxylic acids is 1. The summed E-state index contributed by atoms with van der Waals surface area (Å²) in [6.45, 7) is 1.78.